The molecule has 6 rings (SSSR count). The predicted octanol–water partition coefficient (Wildman–Crippen LogP) is 5.66. The van der Waals surface area contributed by atoms with Crippen molar-refractivity contribution in [2.45, 2.75) is 70.1 Å². The van der Waals surface area contributed by atoms with Crippen LogP contribution in [-0.4, -0.2) is 154 Å². The topological polar surface area (TPSA) is 274 Å². The molecule has 73 heavy (non-hydrogen) atoms. The van der Waals surface area contributed by atoms with Gasteiger partial charge >= 0.3 is 12.2 Å². The zero-order valence-electron chi connectivity index (χ0n) is 39.6. The number of aromatic nitrogens is 1. The van der Waals surface area contributed by atoms with Crippen LogP contribution in [0.4, 0.5) is 18.4 Å². The second-order valence-corrected chi connectivity index (χ2v) is 19.3. The molecule has 2 amide bonds. The summed E-state index contributed by atoms with van der Waals surface area (Å²) in [6.45, 7) is 0.488. The number of ether oxygens (including phenoxy) is 7. The van der Waals surface area contributed by atoms with E-state index in [-0.39, 0.29) is 115 Å². The lowest BCUT2D eigenvalue weighted by atomic mass is 9.84. The Morgan fingerprint density at radius 3 is 2.10 bits per heavy atom. The lowest BCUT2D eigenvalue weighted by Gasteiger charge is -2.47. The van der Waals surface area contributed by atoms with Gasteiger partial charge in [-0.1, -0.05) is 35.9 Å². The Morgan fingerprint density at radius 1 is 0.795 bits per heavy atom. The van der Waals surface area contributed by atoms with E-state index in [1.165, 1.54) is 11.1 Å². The van der Waals surface area contributed by atoms with Crippen molar-refractivity contribution in [3.63, 3.8) is 0 Å². The van der Waals surface area contributed by atoms with Gasteiger partial charge in [0.2, 0.25) is 5.88 Å². The molecule has 1 aliphatic carbocycles. The van der Waals surface area contributed by atoms with Gasteiger partial charge in [0.25, 0.3) is 16.1 Å². The molecule has 0 spiro atoms. The lowest BCUT2D eigenvalue weighted by molar-refractivity contribution is -0.758. The summed E-state index contributed by atoms with van der Waals surface area (Å²) < 4.78 is 92.6. The third-order valence-electron chi connectivity index (χ3n) is 11.6. The van der Waals surface area contributed by atoms with Crippen molar-refractivity contribution in [2.24, 2.45) is 0 Å². The second-order valence-electron chi connectivity index (χ2n) is 16.7. The maximum atomic E-state index is 15.3. The average molecular weight is 1070 g/mol. The highest BCUT2D eigenvalue weighted by Gasteiger charge is 2.51. The number of rotatable bonds is 29. The molecule has 2 atom stereocenters. The fourth-order valence-electron chi connectivity index (χ4n) is 8.11. The highest BCUT2D eigenvalue weighted by molar-refractivity contribution is 7.91. The van der Waals surface area contributed by atoms with Gasteiger partial charge in [-0.2, -0.15) is 0 Å². The molecular formula is C46H54ClF2N5O18S. The SMILES string of the molecule is Cc1c(CN(C(=O)C2=C(c3ccc(CCCOc4c(F)ccc(F)c4Cl)cc3)CC3CS(=O)(=O)CC2N3C(=O)OCCOCCO[N+](=O)[O-])C2CC2)ccnc1OCCCOC(=O)OCCOCCO[N+](=O)[O-]. The Kier molecular flexibility index (Phi) is 20.5. The first kappa shape index (κ1) is 55.7. The van der Waals surface area contributed by atoms with E-state index in [1.807, 2.05) is 24.3 Å². The first-order valence-electron chi connectivity index (χ1n) is 23.1. The number of sulfone groups is 1. The fourth-order valence-corrected chi connectivity index (χ4v) is 10.1. The van der Waals surface area contributed by atoms with Crippen LogP contribution in [0.25, 0.3) is 5.57 Å². The standard InChI is InChI=1S/C46H54ClF2N5O18S/c1-30-33(13-14-50-43(30)67-16-3-17-69-46(57)70-23-19-65-21-25-72-54(60)61)27-51(34-9-10-34)44(55)40-36(32-7-5-31(6-8-32)4-2-15-66-42-38(49)12-11-37(48)41(42)47)26-35-28-73(62,63)29-39(40)52(35)45(56)68-22-18-64-20-24-71-53(58)59/h5-8,11-14,34-35,39H,2-4,9-10,15-29H2,1H3. The maximum absolute atomic E-state index is 15.3. The van der Waals surface area contributed by atoms with Gasteiger partial charge in [-0.3, -0.25) is 9.69 Å². The van der Waals surface area contributed by atoms with E-state index in [2.05, 4.69) is 14.7 Å². The summed E-state index contributed by atoms with van der Waals surface area (Å²) in [6, 6.07) is 8.49. The number of benzene rings is 2. The normalized spacial score (nSPS) is 16.8. The van der Waals surface area contributed by atoms with E-state index in [1.54, 1.807) is 17.9 Å². The molecule has 2 aliphatic heterocycles. The largest absolute Gasteiger partial charge is 0.508 e. The number of hydrogen-bond acceptors (Lipinski definition) is 19. The summed E-state index contributed by atoms with van der Waals surface area (Å²) in [7, 11) is -3.80. The maximum Gasteiger partial charge on any atom is 0.508 e. The van der Waals surface area contributed by atoms with Crippen molar-refractivity contribution in [1.82, 2.24) is 14.8 Å². The molecule has 2 bridgehead atoms. The highest BCUT2D eigenvalue weighted by Crippen LogP contribution is 2.42. The van der Waals surface area contributed by atoms with Crippen LogP contribution >= 0.6 is 11.6 Å². The number of pyridine rings is 1. The zero-order chi connectivity index (χ0) is 52.5. The quantitative estimate of drug-likeness (QED) is 0.0267. The molecule has 398 valence electrons. The number of carbonyl (C=O) groups excluding carboxylic acids is 3. The summed E-state index contributed by atoms with van der Waals surface area (Å²) >= 11 is 5.90. The number of halogens is 3. The summed E-state index contributed by atoms with van der Waals surface area (Å²) in [4.78, 5) is 77.5. The van der Waals surface area contributed by atoms with Crippen LogP contribution in [0.2, 0.25) is 5.02 Å². The Balaban J connectivity index is 1.17. The molecule has 2 aromatic carbocycles. The van der Waals surface area contributed by atoms with E-state index in [9.17, 15) is 47.0 Å². The van der Waals surface area contributed by atoms with E-state index >= 15 is 4.79 Å². The van der Waals surface area contributed by atoms with Crippen LogP contribution in [0, 0.1) is 38.8 Å². The van der Waals surface area contributed by atoms with Gasteiger partial charge in [0, 0.05) is 36.3 Å². The highest BCUT2D eigenvalue weighted by atomic mass is 35.5. The zero-order valence-corrected chi connectivity index (χ0v) is 41.2. The molecule has 3 aromatic rings. The second kappa shape index (κ2) is 26.9. The molecule has 1 aromatic heterocycles. The fraction of sp³-hybridized carbons (Fsp3) is 0.522. The van der Waals surface area contributed by atoms with Crippen LogP contribution < -0.4 is 9.47 Å². The van der Waals surface area contributed by atoms with Gasteiger partial charge in [0.05, 0.1) is 69.8 Å². The van der Waals surface area contributed by atoms with Gasteiger partial charge in [-0.25, -0.2) is 31.8 Å². The minimum atomic E-state index is -3.80. The molecule has 3 aliphatic rings. The van der Waals surface area contributed by atoms with Crippen molar-refractivity contribution >= 4 is 45.2 Å². The molecule has 2 fully saturated rings. The van der Waals surface area contributed by atoms with Crippen LogP contribution in [-0.2, 0) is 61.0 Å². The van der Waals surface area contributed by atoms with Crippen LogP contribution in [0.5, 0.6) is 11.6 Å². The number of amides is 2. The Morgan fingerprint density at radius 2 is 1.42 bits per heavy atom. The number of aryl methyl sites for hydroxylation is 1. The van der Waals surface area contributed by atoms with Crippen LogP contribution in [0.15, 0.2) is 54.2 Å². The monoisotopic (exact) mass is 1070 g/mol. The first-order valence-corrected chi connectivity index (χ1v) is 25.3. The Bertz CT molecular complexity index is 2570. The minimum absolute atomic E-state index is 0.0158. The third-order valence-corrected chi connectivity index (χ3v) is 13.7. The van der Waals surface area contributed by atoms with Crippen molar-refractivity contribution < 1.29 is 84.6 Å². The minimum Gasteiger partial charge on any atom is -0.489 e. The van der Waals surface area contributed by atoms with Gasteiger partial charge in [0.15, 0.2) is 21.4 Å². The van der Waals surface area contributed by atoms with E-state index in [4.69, 9.17) is 44.8 Å². The molecule has 1 saturated heterocycles. The molecule has 23 nitrogen and oxygen atoms in total. The number of nitrogens with zero attached hydrogens (tertiary/aromatic N) is 5. The van der Waals surface area contributed by atoms with Crippen molar-refractivity contribution in [3.05, 3.63) is 113 Å². The molecular weight excluding hydrogens is 1020 g/mol. The lowest BCUT2D eigenvalue weighted by Crippen LogP contribution is -2.61. The summed E-state index contributed by atoms with van der Waals surface area (Å²) in [5, 5.41) is 18.3. The number of hydrogen-bond donors (Lipinski definition) is 0. The van der Waals surface area contributed by atoms with Gasteiger partial charge in [-0.05, 0) is 79.5 Å². The average Bonchev–Trinajstić information content (AvgIpc) is 4.19. The number of fused-ring (bicyclic) bond motifs is 2. The molecule has 3 heterocycles. The first-order chi connectivity index (χ1) is 35.0. The summed E-state index contributed by atoms with van der Waals surface area (Å²) in [5.41, 5.74) is 3.44. The molecule has 0 N–H and O–H groups in total. The molecule has 1 saturated carbocycles. The van der Waals surface area contributed by atoms with E-state index in [0.717, 1.165) is 17.7 Å². The molecule has 0 radical (unpaired) electrons. The van der Waals surface area contributed by atoms with E-state index in [0.29, 0.717) is 47.9 Å². The third kappa shape index (κ3) is 16.4. The van der Waals surface area contributed by atoms with Crippen LogP contribution in [0.3, 0.4) is 0 Å². The van der Waals surface area contributed by atoms with Gasteiger partial charge < -0.3 is 47.7 Å². The predicted molar refractivity (Wildman–Crippen MR) is 250 cm³/mol. The summed E-state index contributed by atoms with van der Waals surface area (Å²) in [5.74, 6) is -3.16. The van der Waals surface area contributed by atoms with Gasteiger partial charge in [-0.15, -0.1) is 20.2 Å². The smallest absolute Gasteiger partial charge is 0.489 e. The Hall–Kier alpha value is -6.64. The molecule has 27 heteroatoms. The number of carbonyl (C=O) groups is 3. The summed E-state index contributed by atoms with van der Waals surface area (Å²) in [6.07, 6.45) is 2.16. The van der Waals surface area contributed by atoms with Crippen molar-refractivity contribution in [2.75, 3.05) is 84.2 Å². The van der Waals surface area contributed by atoms with Crippen molar-refractivity contribution in [1.29, 1.82) is 0 Å². The molecule has 2 unspecified atom stereocenters. The van der Waals surface area contributed by atoms with Crippen molar-refractivity contribution in [3.8, 4) is 11.6 Å². The van der Waals surface area contributed by atoms with Gasteiger partial charge in [0.1, 0.15) is 37.3 Å². The Labute approximate surface area is 422 Å². The van der Waals surface area contributed by atoms with E-state index < -0.39 is 78.4 Å². The van der Waals surface area contributed by atoms with Crippen LogP contribution in [0.1, 0.15) is 54.4 Å².